The Bertz CT molecular complexity index is 447. The van der Waals surface area contributed by atoms with Gasteiger partial charge in [-0.05, 0) is 47.9 Å². The molecular formula is C19H31NO2. The van der Waals surface area contributed by atoms with Crippen LogP contribution in [0.4, 0.5) is 0 Å². The minimum atomic E-state index is 0.358. The number of phenols is 1. The second-order valence-electron chi connectivity index (χ2n) is 6.99. The van der Waals surface area contributed by atoms with Crippen molar-refractivity contribution in [1.82, 2.24) is 4.90 Å². The summed E-state index contributed by atoms with van der Waals surface area (Å²) in [6.07, 6.45) is 2.25. The molecule has 0 aromatic heterocycles. The molecule has 1 fully saturated rings. The lowest BCUT2D eigenvalue weighted by Crippen LogP contribution is -2.36. The Morgan fingerprint density at radius 3 is 2.09 bits per heavy atom. The fourth-order valence-electron chi connectivity index (χ4n) is 3.10. The van der Waals surface area contributed by atoms with E-state index in [0.717, 1.165) is 50.4 Å². The fourth-order valence-corrected chi connectivity index (χ4v) is 3.10. The van der Waals surface area contributed by atoms with E-state index >= 15 is 0 Å². The Morgan fingerprint density at radius 2 is 1.59 bits per heavy atom. The number of phenolic OH excluding ortho intramolecular Hbond substituents is 1. The first kappa shape index (κ1) is 17.3. The van der Waals surface area contributed by atoms with Gasteiger partial charge in [0, 0.05) is 13.1 Å². The van der Waals surface area contributed by atoms with Crippen LogP contribution in [0.25, 0.3) is 0 Å². The lowest BCUT2D eigenvalue weighted by atomic mass is 9.90. The number of aryl methyl sites for hydroxylation is 1. The van der Waals surface area contributed by atoms with Gasteiger partial charge >= 0.3 is 0 Å². The van der Waals surface area contributed by atoms with E-state index in [4.69, 9.17) is 4.74 Å². The molecule has 1 N–H and O–H groups in total. The largest absolute Gasteiger partial charge is 0.507 e. The Balaban J connectivity index is 2.03. The van der Waals surface area contributed by atoms with E-state index in [1.165, 1.54) is 12.0 Å². The van der Waals surface area contributed by atoms with E-state index in [0.29, 0.717) is 17.6 Å². The third-order valence-corrected chi connectivity index (χ3v) is 4.52. The Hall–Kier alpha value is -1.06. The summed E-state index contributed by atoms with van der Waals surface area (Å²) < 4.78 is 5.39. The molecule has 2 rings (SSSR count). The van der Waals surface area contributed by atoms with Crippen LogP contribution in [-0.4, -0.2) is 42.9 Å². The molecule has 1 heterocycles. The second-order valence-corrected chi connectivity index (χ2v) is 6.99. The molecule has 1 aromatic rings. The molecular weight excluding hydrogens is 274 g/mol. The Labute approximate surface area is 135 Å². The van der Waals surface area contributed by atoms with Crippen molar-refractivity contribution in [3.8, 4) is 5.75 Å². The SMILES string of the molecule is CC(C)c1cc(CCCN2CCOCC2)cc(C(C)C)c1O. The molecule has 1 saturated heterocycles. The van der Waals surface area contributed by atoms with Gasteiger partial charge in [0.05, 0.1) is 13.2 Å². The average molecular weight is 305 g/mol. The van der Waals surface area contributed by atoms with Crippen molar-refractivity contribution in [2.75, 3.05) is 32.8 Å². The van der Waals surface area contributed by atoms with Gasteiger partial charge in [0.15, 0.2) is 0 Å². The molecule has 0 spiro atoms. The molecule has 0 saturated carbocycles. The van der Waals surface area contributed by atoms with E-state index in [2.05, 4.69) is 44.7 Å². The van der Waals surface area contributed by atoms with Crippen molar-refractivity contribution in [1.29, 1.82) is 0 Å². The van der Waals surface area contributed by atoms with Crippen molar-refractivity contribution in [3.63, 3.8) is 0 Å². The fraction of sp³-hybridized carbons (Fsp3) is 0.684. The standard InChI is InChI=1S/C19H31NO2/c1-14(2)17-12-16(13-18(15(3)4)19(17)21)6-5-7-20-8-10-22-11-9-20/h12-15,21H,5-11H2,1-4H3. The predicted molar refractivity (Wildman–Crippen MR) is 91.9 cm³/mol. The third kappa shape index (κ3) is 4.47. The molecule has 0 atom stereocenters. The highest BCUT2D eigenvalue weighted by atomic mass is 16.5. The molecule has 0 radical (unpaired) electrons. The minimum Gasteiger partial charge on any atom is -0.507 e. The molecule has 3 nitrogen and oxygen atoms in total. The lowest BCUT2D eigenvalue weighted by molar-refractivity contribution is 0.0374. The van der Waals surface area contributed by atoms with E-state index in [1.54, 1.807) is 0 Å². The first-order valence-electron chi connectivity index (χ1n) is 8.64. The molecule has 124 valence electrons. The zero-order valence-corrected chi connectivity index (χ0v) is 14.6. The van der Waals surface area contributed by atoms with Crippen LogP contribution in [-0.2, 0) is 11.2 Å². The van der Waals surface area contributed by atoms with Crippen LogP contribution in [0.15, 0.2) is 12.1 Å². The first-order chi connectivity index (χ1) is 10.5. The van der Waals surface area contributed by atoms with Gasteiger partial charge in [-0.15, -0.1) is 0 Å². The first-order valence-corrected chi connectivity index (χ1v) is 8.64. The summed E-state index contributed by atoms with van der Waals surface area (Å²) in [5, 5.41) is 10.5. The Morgan fingerprint density at radius 1 is 1.05 bits per heavy atom. The van der Waals surface area contributed by atoms with Gasteiger partial charge in [0.1, 0.15) is 5.75 Å². The molecule has 1 aromatic carbocycles. The molecule has 0 amide bonds. The van der Waals surface area contributed by atoms with Gasteiger partial charge in [-0.2, -0.15) is 0 Å². The van der Waals surface area contributed by atoms with Gasteiger partial charge in [-0.25, -0.2) is 0 Å². The van der Waals surface area contributed by atoms with Crippen LogP contribution in [0.1, 0.15) is 62.6 Å². The molecule has 0 aliphatic carbocycles. The number of hydrogen-bond acceptors (Lipinski definition) is 3. The smallest absolute Gasteiger partial charge is 0.122 e. The van der Waals surface area contributed by atoms with Crippen molar-refractivity contribution in [2.24, 2.45) is 0 Å². The number of morpholine rings is 1. The van der Waals surface area contributed by atoms with Crippen molar-refractivity contribution >= 4 is 0 Å². The normalized spacial score (nSPS) is 16.6. The van der Waals surface area contributed by atoms with E-state index in [-0.39, 0.29) is 0 Å². The van der Waals surface area contributed by atoms with E-state index in [1.807, 2.05) is 0 Å². The molecule has 0 unspecified atom stereocenters. The highest BCUT2D eigenvalue weighted by Crippen LogP contribution is 2.35. The average Bonchev–Trinajstić information content (AvgIpc) is 2.49. The Kier molecular flexibility index (Phi) is 6.27. The van der Waals surface area contributed by atoms with Gasteiger partial charge < -0.3 is 9.84 Å². The summed E-state index contributed by atoms with van der Waals surface area (Å²) in [4.78, 5) is 2.48. The molecule has 22 heavy (non-hydrogen) atoms. The van der Waals surface area contributed by atoms with Crippen molar-refractivity contribution in [3.05, 3.63) is 28.8 Å². The van der Waals surface area contributed by atoms with E-state index in [9.17, 15) is 5.11 Å². The van der Waals surface area contributed by atoms with Crippen molar-refractivity contribution < 1.29 is 9.84 Å². The summed E-state index contributed by atoms with van der Waals surface area (Å²) in [6, 6.07) is 4.40. The summed E-state index contributed by atoms with van der Waals surface area (Å²) in [5.41, 5.74) is 3.54. The van der Waals surface area contributed by atoms with Crippen LogP contribution in [0.5, 0.6) is 5.75 Å². The van der Waals surface area contributed by atoms with E-state index < -0.39 is 0 Å². The number of benzene rings is 1. The van der Waals surface area contributed by atoms with Gasteiger partial charge in [-0.1, -0.05) is 39.8 Å². The topological polar surface area (TPSA) is 32.7 Å². The zero-order valence-electron chi connectivity index (χ0n) is 14.6. The summed E-state index contributed by atoms with van der Waals surface area (Å²) in [7, 11) is 0. The second kappa shape index (κ2) is 7.98. The molecule has 3 heteroatoms. The summed E-state index contributed by atoms with van der Waals surface area (Å²) in [5.74, 6) is 1.22. The maximum absolute atomic E-state index is 10.5. The molecule has 0 bridgehead atoms. The van der Waals surface area contributed by atoms with Crippen molar-refractivity contribution in [2.45, 2.75) is 52.4 Å². The summed E-state index contributed by atoms with van der Waals surface area (Å²) >= 11 is 0. The highest BCUT2D eigenvalue weighted by molar-refractivity contribution is 5.46. The lowest BCUT2D eigenvalue weighted by Gasteiger charge is -2.26. The molecule has 1 aliphatic rings. The zero-order chi connectivity index (χ0) is 16.1. The summed E-state index contributed by atoms with van der Waals surface area (Å²) in [6.45, 7) is 13.6. The van der Waals surface area contributed by atoms with Gasteiger partial charge in [0.2, 0.25) is 0 Å². The number of hydrogen-bond donors (Lipinski definition) is 1. The molecule has 1 aliphatic heterocycles. The quantitative estimate of drug-likeness (QED) is 0.865. The highest BCUT2D eigenvalue weighted by Gasteiger charge is 2.15. The maximum atomic E-state index is 10.5. The van der Waals surface area contributed by atoms with Crippen LogP contribution >= 0.6 is 0 Å². The number of ether oxygens (including phenoxy) is 1. The monoisotopic (exact) mass is 305 g/mol. The van der Waals surface area contributed by atoms with Gasteiger partial charge in [-0.3, -0.25) is 4.90 Å². The number of nitrogens with zero attached hydrogens (tertiary/aromatic N) is 1. The number of rotatable bonds is 6. The van der Waals surface area contributed by atoms with Crippen LogP contribution < -0.4 is 0 Å². The predicted octanol–water partition coefficient (Wildman–Crippen LogP) is 3.90. The van der Waals surface area contributed by atoms with Crippen LogP contribution in [0.2, 0.25) is 0 Å². The minimum absolute atomic E-state index is 0.358. The van der Waals surface area contributed by atoms with Crippen LogP contribution in [0.3, 0.4) is 0 Å². The number of aromatic hydroxyl groups is 1. The van der Waals surface area contributed by atoms with Gasteiger partial charge in [0.25, 0.3) is 0 Å². The van der Waals surface area contributed by atoms with Crippen LogP contribution in [0, 0.1) is 0 Å². The third-order valence-electron chi connectivity index (χ3n) is 4.52. The maximum Gasteiger partial charge on any atom is 0.122 e.